The summed E-state index contributed by atoms with van der Waals surface area (Å²) in [6.45, 7) is 1.72. The van der Waals surface area contributed by atoms with Crippen LogP contribution in [0, 0.1) is 11.8 Å². The molecule has 16 heteroatoms. The summed E-state index contributed by atoms with van der Waals surface area (Å²) in [7, 11) is 1.56. The van der Waals surface area contributed by atoms with Crippen molar-refractivity contribution < 1.29 is 23.7 Å². The molecule has 2 aromatic heterocycles. The van der Waals surface area contributed by atoms with Crippen molar-refractivity contribution in [2.24, 2.45) is 10.2 Å². The van der Waals surface area contributed by atoms with Crippen LogP contribution in [0.5, 0.6) is 0 Å². The lowest BCUT2D eigenvalue weighted by Crippen LogP contribution is -2.29. The third-order valence-electron chi connectivity index (χ3n) is 5.40. The maximum absolute atomic E-state index is 12.0. The van der Waals surface area contributed by atoms with E-state index >= 15 is 0 Å². The van der Waals surface area contributed by atoms with E-state index < -0.39 is 24.5 Å². The quantitative estimate of drug-likeness (QED) is 0.185. The molecule has 0 saturated carbocycles. The van der Waals surface area contributed by atoms with Gasteiger partial charge >= 0.3 is 0 Å². The molecular formula is C21H27N11O5. The number of nitrogens with two attached hydrogens (primary N) is 1. The molecule has 0 bridgehead atoms. The van der Waals surface area contributed by atoms with E-state index in [1.807, 2.05) is 0 Å². The van der Waals surface area contributed by atoms with Gasteiger partial charge in [0.15, 0.2) is 0 Å². The van der Waals surface area contributed by atoms with Crippen molar-refractivity contribution in [1.29, 1.82) is 0 Å². The van der Waals surface area contributed by atoms with E-state index in [-0.39, 0.29) is 38.4 Å². The first-order valence-electron chi connectivity index (χ1n) is 11.3. The molecule has 1 saturated heterocycles. The van der Waals surface area contributed by atoms with E-state index in [2.05, 4.69) is 47.2 Å². The monoisotopic (exact) mass is 513 g/mol. The van der Waals surface area contributed by atoms with Crippen LogP contribution in [-0.2, 0) is 23.7 Å². The predicted molar refractivity (Wildman–Crippen MR) is 130 cm³/mol. The minimum absolute atomic E-state index is 0.0476. The molecule has 1 aliphatic rings. The molecular weight excluding hydrogens is 486 g/mol. The number of anilines is 1. The molecule has 3 heterocycles. The molecule has 3 N–H and O–H groups in total. The van der Waals surface area contributed by atoms with E-state index in [4.69, 9.17) is 35.7 Å². The molecule has 1 fully saturated rings. The number of rotatable bonds is 12. The van der Waals surface area contributed by atoms with Crippen molar-refractivity contribution in [3.63, 3.8) is 0 Å². The zero-order chi connectivity index (χ0) is 26.6. The molecule has 0 spiro atoms. The molecule has 1 aliphatic heterocycles. The van der Waals surface area contributed by atoms with Crippen molar-refractivity contribution in [1.82, 2.24) is 19.9 Å². The van der Waals surface area contributed by atoms with Gasteiger partial charge < -0.3 is 34.6 Å². The molecule has 2 aromatic rings. The Balaban J connectivity index is 1.73. The maximum Gasteiger partial charge on any atom is 0.246 e. The number of methoxy groups -OCH3 is 1. The van der Waals surface area contributed by atoms with Gasteiger partial charge in [-0.25, -0.2) is 9.97 Å². The molecule has 37 heavy (non-hydrogen) atoms. The van der Waals surface area contributed by atoms with Crippen LogP contribution in [0.2, 0.25) is 0 Å². The summed E-state index contributed by atoms with van der Waals surface area (Å²) < 4.78 is 24.1. The maximum atomic E-state index is 12.0. The topological polar surface area (TPSA) is 220 Å². The van der Waals surface area contributed by atoms with Gasteiger partial charge in [0.25, 0.3) is 0 Å². The Kier molecular flexibility index (Phi) is 10.3. The van der Waals surface area contributed by atoms with E-state index in [0.29, 0.717) is 29.4 Å². The van der Waals surface area contributed by atoms with Crippen LogP contribution in [0.3, 0.4) is 0 Å². The van der Waals surface area contributed by atoms with Crippen molar-refractivity contribution in [2.75, 3.05) is 39.3 Å². The van der Waals surface area contributed by atoms with Crippen molar-refractivity contribution >= 4 is 22.8 Å². The van der Waals surface area contributed by atoms with E-state index in [0.717, 1.165) is 0 Å². The first kappa shape index (κ1) is 27.5. The van der Waals surface area contributed by atoms with Gasteiger partial charge in [0, 0.05) is 29.6 Å². The van der Waals surface area contributed by atoms with Gasteiger partial charge in [-0.15, -0.1) is 0 Å². The number of azide groups is 2. The number of amides is 1. The van der Waals surface area contributed by atoms with Gasteiger partial charge in [-0.1, -0.05) is 29.0 Å². The Morgan fingerprint density at radius 1 is 1.43 bits per heavy atom. The summed E-state index contributed by atoms with van der Waals surface area (Å²) in [5.74, 6) is 5.72. The summed E-state index contributed by atoms with van der Waals surface area (Å²) in [4.78, 5) is 25.8. The minimum atomic E-state index is -0.707. The fraction of sp³-hybridized carbons (Fsp3) is 0.571. The second-order valence-electron chi connectivity index (χ2n) is 7.75. The molecule has 0 aliphatic carbocycles. The normalized spacial score (nSPS) is 19.4. The number of hydrogen-bond donors (Lipinski definition) is 2. The second-order valence-corrected chi connectivity index (χ2v) is 7.75. The summed E-state index contributed by atoms with van der Waals surface area (Å²) >= 11 is 0. The Labute approximate surface area is 211 Å². The van der Waals surface area contributed by atoms with Gasteiger partial charge in [0.05, 0.1) is 30.2 Å². The number of hydrogen-bond acceptors (Lipinski definition) is 10. The zero-order valence-corrected chi connectivity index (χ0v) is 20.4. The Bertz CT molecular complexity index is 1240. The Morgan fingerprint density at radius 2 is 2.27 bits per heavy atom. The smallest absolute Gasteiger partial charge is 0.246 e. The lowest BCUT2D eigenvalue weighted by Gasteiger charge is -2.17. The van der Waals surface area contributed by atoms with Gasteiger partial charge in [-0.05, 0) is 17.5 Å². The lowest BCUT2D eigenvalue weighted by molar-refractivity contribution is -0.127. The van der Waals surface area contributed by atoms with Crippen LogP contribution in [0.15, 0.2) is 22.8 Å². The Hall–Kier alpha value is -4.09. The van der Waals surface area contributed by atoms with Crippen molar-refractivity contribution in [3.8, 4) is 11.8 Å². The first-order valence-corrected chi connectivity index (χ1v) is 11.3. The molecule has 16 nitrogen and oxygen atoms in total. The van der Waals surface area contributed by atoms with E-state index in [9.17, 15) is 4.79 Å². The predicted octanol–water partition coefficient (Wildman–Crippen LogP) is 2.13. The largest absolute Gasteiger partial charge is 0.383 e. The molecule has 1 amide bonds. The number of nitrogens with zero attached hydrogens (tertiary/aromatic N) is 9. The molecule has 3 rings (SSSR count). The molecule has 0 radical (unpaired) electrons. The first-order chi connectivity index (χ1) is 18.0. The standard InChI is InChI=1S/C21H27N11O5/c1-3-17(29-31-24)35-10-16(33)25-6-4-5-13-8-32(21-19(13)20(22)26-11-27-21)18-7-14(36-12-28-30-23)15(37-18)9-34-2/h8,11,14-15,17-18H,3,6-7,9-10,12H2,1-2H3,(H,25,33)(H2,22,26,27). The van der Waals surface area contributed by atoms with Gasteiger partial charge in [-0.3, -0.25) is 4.79 Å². The number of fused-ring (bicyclic) bond motifs is 1. The van der Waals surface area contributed by atoms with Gasteiger partial charge in [0.1, 0.15) is 49.7 Å². The summed E-state index contributed by atoms with van der Waals surface area (Å²) in [5.41, 5.74) is 24.2. The van der Waals surface area contributed by atoms with E-state index in [1.165, 1.54) is 6.33 Å². The van der Waals surface area contributed by atoms with Crippen molar-refractivity contribution in [2.45, 2.75) is 44.4 Å². The van der Waals surface area contributed by atoms with Crippen LogP contribution in [0.1, 0.15) is 31.6 Å². The van der Waals surface area contributed by atoms with Gasteiger partial charge in [0.2, 0.25) is 5.91 Å². The number of nitrogens with one attached hydrogen (secondary N) is 1. The Morgan fingerprint density at radius 3 is 3.00 bits per heavy atom. The highest BCUT2D eigenvalue weighted by Gasteiger charge is 2.38. The molecule has 4 atom stereocenters. The highest BCUT2D eigenvalue weighted by Crippen LogP contribution is 2.35. The summed E-state index contributed by atoms with van der Waals surface area (Å²) in [6, 6.07) is 0. The lowest BCUT2D eigenvalue weighted by atomic mass is 10.2. The zero-order valence-electron chi connectivity index (χ0n) is 20.4. The third-order valence-corrected chi connectivity index (χ3v) is 5.40. The van der Waals surface area contributed by atoms with E-state index in [1.54, 1.807) is 24.8 Å². The average Bonchev–Trinajstić information content (AvgIpc) is 3.47. The van der Waals surface area contributed by atoms with Gasteiger partial charge in [-0.2, -0.15) is 0 Å². The molecule has 196 valence electrons. The van der Waals surface area contributed by atoms with Crippen LogP contribution in [0.25, 0.3) is 31.9 Å². The van der Waals surface area contributed by atoms with Crippen LogP contribution < -0.4 is 11.1 Å². The van der Waals surface area contributed by atoms with Crippen LogP contribution >= 0.6 is 0 Å². The number of carbonyl (C=O) groups is 1. The van der Waals surface area contributed by atoms with Crippen molar-refractivity contribution in [3.05, 3.63) is 39.0 Å². The minimum Gasteiger partial charge on any atom is -0.383 e. The number of nitrogen functional groups attached to an aromatic ring is 1. The van der Waals surface area contributed by atoms with Crippen LogP contribution in [0.4, 0.5) is 5.82 Å². The highest BCUT2D eigenvalue weighted by molar-refractivity contribution is 5.92. The second kappa shape index (κ2) is 13.9. The molecule has 0 aromatic carbocycles. The average molecular weight is 514 g/mol. The summed E-state index contributed by atoms with van der Waals surface area (Å²) in [5, 5.41) is 10.0. The number of ether oxygens (including phenoxy) is 4. The van der Waals surface area contributed by atoms with Crippen LogP contribution in [-0.4, -0.2) is 72.5 Å². The highest BCUT2D eigenvalue weighted by atomic mass is 16.6. The number of aromatic nitrogens is 3. The number of carbonyl (C=O) groups excluding carboxylic acids is 1. The fourth-order valence-corrected chi connectivity index (χ4v) is 3.73. The fourth-order valence-electron chi connectivity index (χ4n) is 3.73. The SMILES string of the molecule is CCC(N=[N+]=[N-])OCC(=O)NCC#Cc1cn(C2CC(OCN=[N+]=[N-])C(COC)O2)c2ncnc(N)c12. The molecule has 4 unspecified atom stereocenters. The summed E-state index contributed by atoms with van der Waals surface area (Å²) in [6.07, 6.45) is 2.06. The third kappa shape index (κ3) is 7.21.